The third kappa shape index (κ3) is 3.72. The van der Waals surface area contributed by atoms with Crippen LogP contribution in [0.2, 0.25) is 0 Å². The Bertz CT molecular complexity index is 593. The molecular formula is C17H24N4. The van der Waals surface area contributed by atoms with Gasteiger partial charge in [-0.05, 0) is 37.0 Å². The smallest absolute Gasteiger partial charge is 0.139 e. The number of rotatable bonds is 6. The zero-order valence-electron chi connectivity index (χ0n) is 13.3. The van der Waals surface area contributed by atoms with E-state index in [1.54, 1.807) is 6.33 Å². The van der Waals surface area contributed by atoms with Crippen LogP contribution < -0.4 is 10.6 Å². The maximum absolute atomic E-state index is 4.40. The third-order valence-corrected chi connectivity index (χ3v) is 3.46. The quantitative estimate of drug-likeness (QED) is 0.828. The van der Waals surface area contributed by atoms with E-state index < -0.39 is 0 Å². The average Bonchev–Trinajstić information content (AvgIpc) is 2.48. The first-order valence-corrected chi connectivity index (χ1v) is 7.60. The number of aromatic nitrogens is 2. The molecule has 0 saturated carbocycles. The van der Waals surface area contributed by atoms with E-state index in [2.05, 4.69) is 72.6 Å². The van der Waals surface area contributed by atoms with Crippen molar-refractivity contribution in [1.82, 2.24) is 9.97 Å². The lowest BCUT2D eigenvalue weighted by molar-refractivity contribution is 0.867. The van der Waals surface area contributed by atoms with E-state index in [9.17, 15) is 0 Å². The highest BCUT2D eigenvalue weighted by molar-refractivity contribution is 5.65. The van der Waals surface area contributed by atoms with E-state index in [1.165, 1.54) is 5.56 Å². The Balaban J connectivity index is 2.30. The molecule has 0 amide bonds. The Morgan fingerprint density at radius 1 is 1.10 bits per heavy atom. The molecule has 2 N–H and O–H groups in total. The molecule has 1 heterocycles. The van der Waals surface area contributed by atoms with E-state index in [1.807, 2.05) is 0 Å². The van der Waals surface area contributed by atoms with Gasteiger partial charge in [0, 0.05) is 17.8 Å². The number of hydrogen-bond acceptors (Lipinski definition) is 4. The summed E-state index contributed by atoms with van der Waals surface area (Å²) < 4.78 is 0. The van der Waals surface area contributed by atoms with Crippen LogP contribution in [-0.2, 0) is 6.42 Å². The number of benzene rings is 1. The topological polar surface area (TPSA) is 49.8 Å². The summed E-state index contributed by atoms with van der Waals surface area (Å²) in [7, 11) is 0. The van der Waals surface area contributed by atoms with E-state index in [0.717, 1.165) is 35.9 Å². The largest absolute Gasteiger partial charge is 0.370 e. The molecule has 0 unspecified atom stereocenters. The first-order valence-electron chi connectivity index (χ1n) is 7.60. The molecule has 1 aromatic heterocycles. The summed E-state index contributed by atoms with van der Waals surface area (Å²) in [5, 5.41) is 6.72. The van der Waals surface area contributed by atoms with E-state index >= 15 is 0 Å². The van der Waals surface area contributed by atoms with Crippen molar-refractivity contribution in [3.63, 3.8) is 0 Å². The van der Waals surface area contributed by atoms with E-state index in [4.69, 9.17) is 0 Å². The fourth-order valence-electron chi connectivity index (χ4n) is 2.29. The highest BCUT2D eigenvalue weighted by atomic mass is 15.1. The normalized spacial score (nSPS) is 10.7. The number of nitrogens with zero attached hydrogens (tertiary/aromatic N) is 2. The van der Waals surface area contributed by atoms with Crippen molar-refractivity contribution in [2.75, 3.05) is 17.2 Å². The molecule has 2 aromatic rings. The molecule has 0 aliphatic carbocycles. The molecule has 2 rings (SSSR count). The molecule has 0 atom stereocenters. The summed E-state index contributed by atoms with van der Waals surface area (Å²) >= 11 is 0. The van der Waals surface area contributed by atoms with Crippen LogP contribution in [0.15, 0.2) is 30.6 Å². The van der Waals surface area contributed by atoms with Gasteiger partial charge in [0.1, 0.15) is 18.0 Å². The second-order valence-electron chi connectivity index (χ2n) is 5.34. The highest BCUT2D eigenvalue weighted by Crippen LogP contribution is 2.25. The molecule has 0 spiro atoms. The van der Waals surface area contributed by atoms with Gasteiger partial charge in [-0.3, -0.25) is 0 Å². The van der Waals surface area contributed by atoms with Crippen LogP contribution in [0.25, 0.3) is 0 Å². The van der Waals surface area contributed by atoms with Crippen molar-refractivity contribution >= 4 is 17.3 Å². The molecule has 0 fully saturated rings. The van der Waals surface area contributed by atoms with E-state index in [-0.39, 0.29) is 0 Å². The van der Waals surface area contributed by atoms with Crippen LogP contribution in [-0.4, -0.2) is 16.5 Å². The van der Waals surface area contributed by atoms with Crippen molar-refractivity contribution < 1.29 is 0 Å². The Morgan fingerprint density at radius 3 is 2.52 bits per heavy atom. The Labute approximate surface area is 127 Å². The Kier molecular flexibility index (Phi) is 5.14. The first kappa shape index (κ1) is 15.3. The van der Waals surface area contributed by atoms with Gasteiger partial charge in [0.25, 0.3) is 0 Å². The molecular weight excluding hydrogens is 260 g/mol. The Morgan fingerprint density at radius 2 is 1.86 bits per heavy atom. The zero-order chi connectivity index (χ0) is 15.2. The molecule has 0 aliphatic heterocycles. The lowest BCUT2D eigenvalue weighted by atomic mass is 10.0. The van der Waals surface area contributed by atoms with Crippen LogP contribution in [0.1, 0.15) is 44.7 Å². The van der Waals surface area contributed by atoms with Crippen molar-refractivity contribution in [3.05, 3.63) is 41.7 Å². The molecule has 112 valence electrons. The summed E-state index contributed by atoms with van der Waals surface area (Å²) in [5.41, 5.74) is 3.50. The minimum Gasteiger partial charge on any atom is -0.370 e. The standard InChI is InChI=1S/C17H24N4/c1-5-15-16(18-6-2)19-11-20-17(15)21-14-9-7-8-13(10-14)12(3)4/h7-12H,5-6H2,1-4H3,(H2,18,19,20,21). The molecule has 0 radical (unpaired) electrons. The van der Waals surface area contributed by atoms with Gasteiger partial charge in [-0.25, -0.2) is 9.97 Å². The molecule has 4 heteroatoms. The SMILES string of the molecule is CCNc1ncnc(Nc2cccc(C(C)C)c2)c1CC. The molecule has 0 bridgehead atoms. The van der Waals surface area contributed by atoms with Gasteiger partial charge in [0.2, 0.25) is 0 Å². The van der Waals surface area contributed by atoms with Crippen molar-refractivity contribution in [2.45, 2.75) is 40.0 Å². The zero-order valence-corrected chi connectivity index (χ0v) is 13.3. The minimum absolute atomic E-state index is 0.514. The maximum Gasteiger partial charge on any atom is 0.139 e. The lowest BCUT2D eigenvalue weighted by Gasteiger charge is -2.15. The van der Waals surface area contributed by atoms with Crippen molar-refractivity contribution in [1.29, 1.82) is 0 Å². The molecule has 21 heavy (non-hydrogen) atoms. The van der Waals surface area contributed by atoms with Crippen LogP contribution in [0, 0.1) is 0 Å². The predicted molar refractivity (Wildman–Crippen MR) is 89.4 cm³/mol. The lowest BCUT2D eigenvalue weighted by Crippen LogP contribution is -2.07. The number of hydrogen-bond donors (Lipinski definition) is 2. The summed E-state index contributed by atoms with van der Waals surface area (Å²) in [6.45, 7) is 9.44. The van der Waals surface area contributed by atoms with Crippen LogP contribution >= 0.6 is 0 Å². The van der Waals surface area contributed by atoms with Gasteiger partial charge in [-0.15, -0.1) is 0 Å². The first-order chi connectivity index (χ1) is 10.2. The van der Waals surface area contributed by atoms with Gasteiger partial charge in [0.15, 0.2) is 0 Å². The van der Waals surface area contributed by atoms with Crippen LogP contribution in [0.3, 0.4) is 0 Å². The monoisotopic (exact) mass is 284 g/mol. The van der Waals surface area contributed by atoms with E-state index in [0.29, 0.717) is 5.92 Å². The molecule has 0 aliphatic rings. The summed E-state index contributed by atoms with van der Waals surface area (Å²) in [6, 6.07) is 8.48. The number of nitrogens with one attached hydrogen (secondary N) is 2. The fourth-order valence-corrected chi connectivity index (χ4v) is 2.29. The Hall–Kier alpha value is -2.10. The summed E-state index contributed by atoms with van der Waals surface area (Å²) in [4.78, 5) is 8.73. The number of anilines is 3. The van der Waals surface area contributed by atoms with Crippen LogP contribution in [0.4, 0.5) is 17.3 Å². The molecule has 4 nitrogen and oxygen atoms in total. The molecule has 1 aromatic carbocycles. The van der Waals surface area contributed by atoms with Gasteiger partial charge < -0.3 is 10.6 Å². The summed E-state index contributed by atoms with van der Waals surface area (Å²) in [5.74, 6) is 2.31. The third-order valence-electron chi connectivity index (χ3n) is 3.46. The second-order valence-corrected chi connectivity index (χ2v) is 5.34. The highest BCUT2D eigenvalue weighted by Gasteiger charge is 2.10. The van der Waals surface area contributed by atoms with Crippen LogP contribution in [0.5, 0.6) is 0 Å². The predicted octanol–water partition coefficient (Wildman–Crippen LogP) is 4.34. The van der Waals surface area contributed by atoms with Gasteiger partial charge >= 0.3 is 0 Å². The van der Waals surface area contributed by atoms with Gasteiger partial charge in [-0.2, -0.15) is 0 Å². The van der Waals surface area contributed by atoms with Crippen molar-refractivity contribution in [2.24, 2.45) is 0 Å². The second kappa shape index (κ2) is 7.07. The fraction of sp³-hybridized carbons (Fsp3) is 0.412. The average molecular weight is 284 g/mol. The maximum atomic E-state index is 4.40. The van der Waals surface area contributed by atoms with Gasteiger partial charge in [-0.1, -0.05) is 32.9 Å². The van der Waals surface area contributed by atoms with Gasteiger partial charge in [0.05, 0.1) is 0 Å². The molecule has 0 saturated heterocycles. The minimum atomic E-state index is 0.514. The van der Waals surface area contributed by atoms with Crippen molar-refractivity contribution in [3.8, 4) is 0 Å². The summed E-state index contributed by atoms with van der Waals surface area (Å²) in [6.07, 6.45) is 2.49.